The maximum atomic E-state index is 11.1. The summed E-state index contributed by atoms with van der Waals surface area (Å²) in [7, 11) is 0. The zero-order valence-electron chi connectivity index (χ0n) is 9.82. The van der Waals surface area contributed by atoms with Crippen molar-refractivity contribution in [3.05, 3.63) is 22.3 Å². The molecule has 1 heterocycles. The molecule has 1 aliphatic rings. The molecule has 0 aliphatic heterocycles. The monoisotopic (exact) mass is 314 g/mol. The summed E-state index contributed by atoms with van der Waals surface area (Å²) >= 11 is 3.19. The highest BCUT2D eigenvalue weighted by molar-refractivity contribution is 9.10. The largest absolute Gasteiger partial charge is 0.478 e. The molecule has 1 fully saturated rings. The van der Waals surface area contributed by atoms with Gasteiger partial charge in [0.1, 0.15) is 11.4 Å². The van der Waals surface area contributed by atoms with Crippen molar-refractivity contribution in [1.29, 1.82) is 0 Å². The highest BCUT2D eigenvalue weighted by atomic mass is 79.9. The molecule has 0 radical (unpaired) electrons. The molecule has 1 aliphatic carbocycles. The quantitative estimate of drug-likeness (QED) is 0.794. The van der Waals surface area contributed by atoms with Crippen molar-refractivity contribution in [2.75, 3.05) is 11.9 Å². The second-order valence-electron chi connectivity index (χ2n) is 4.64. The normalized spacial score (nSPS) is 17.7. The number of hydrogen-bond donors (Lipinski definition) is 3. The molecule has 0 spiro atoms. The number of rotatable bonds is 4. The summed E-state index contributed by atoms with van der Waals surface area (Å²) in [6.45, 7) is 0.335. The first-order chi connectivity index (χ1) is 8.50. The van der Waals surface area contributed by atoms with Gasteiger partial charge in [0, 0.05) is 17.2 Å². The molecule has 0 amide bonds. The van der Waals surface area contributed by atoms with Gasteiger partial charge in [-0.3, -0.25) is 0 Å². The first-order valence-corrected chi connectivity index (χ1v) is 6.65. The summed E-state index contributed by atoms with van der Waals surface area (Å²) in [4.78, 5) is 15.1. The maximum Gasteiger partial charge on any atom is 0.339 e. The number of anilines is 1. The van der Waals surface area contributed by atoms with E-state index in [1.807, 2.05) is 0 Å². The van der Waals surface area contributed by atoms with Crippen molar-refractivity contribution < 1.29 is 15.0 Å². The van der Waals surface area contributed by atoms with E-state index in [-0.39, 0.29) is 5.56 Å². The predicted molar refractivity (Wildman–Crippen MR) is 70.8 cm³/mol. The Balaban J connectivity index is 2.11. The fraction of sp³-hybridized carbons (Fsp3) is 0.500. The van der Waals surface area contributed by atoms with Crippen LogP contribution in [0.25, 0.3) is 0 Å². The van der Waals surface area contributed by atoms with E-state index in [0.717, 1.165) is 25.7 Å². The van der Waals surface area contributed by atoms with Crippen molar-refractivity contribution in [2.45, 2.75) is 31.3 Å². The molecule has 0 bridgehead atoms. The molecule has 98 valence electrons. The molecule has 0 unspecified atom stereocenters. The van der Waals surface area contributed by atoms with Crippen LogP contribution in [-0.2, 0) is 0 Å². The number of carboxylic acids is 1. The van der Waals surface area contributed by atoms with E-state index in [1.165, 1.54) is 12.3 Å². The van der Waals surface area contributed by atoms with Gasteiger partial charge in [0.05, 0.1) is 5.60 Å². The fourth-order valence-electron chi connectivity index (χ4n) is 2.20. The molecule has 18 heavy (non-hydrogen) atoms. The number of carboxylic acid groups (broad SMARTS) is 1. The SMILES string of the molecule is O=C(O)c1cc(Br)cnc1NCC1(O)CCCC1. The van der Waals surface area contributed by atoms with Crippen molar-refractivity contribution in [1.82, 2.24) is 4.98 Å². The highest BCUT2D eigenvalue weighted by Crippen LogP contribution is 2.30. The van der Waals surface area contributed by atoms with Gasteiger partial charge in [0.15, 0.2) is 0 Å². The summed E-state index contributed by atoms with van der Waals surface area (Å²) in [5.41, 5.74) is -0.629. The zero-order valence-corrected chi connectivity index (χ0v) is 11.4. The number of carbonyl (C=O) groups is 1. The second kappa shape index (κ2) is 5.24. The lowest BCUT2D eigenvalue weighted by atomic mass is 10.0. The Morgan fingerprint density at radius 1 is 1.50 bits per heavy atom. The molecule has 1 saturated carbocycles. The lowest BCUT2D eigenvalue weighted by Gasteiger charge is -2.23. The van der Waals surface area contributed by atoms with Gasteiger partial charge in [-0.1, -0.05) is 12.8 Å². The Hall–Kier alpha value is -1.14. The molecule has 0 atom stereocenters. The van der Waals surface area contributed by atoms with Gasteiger partial charge in [-0.05, 0) is 34.8 Å². The summed E-state index contributed by atoms with van der Waals surface area (Å²) in [6.07, 6.45) is 5.06. The van der Waals surface area contributed by atoms with E-state index < -0.39 is 11.6 Å². The van der Waals surface area contributed by atoms with Gasteiger partial charge in [-0.15, -0.1) is 0 Å². The first-order valence-electron chi connectivity index (χ1n) is 5.85. The molecular weight excluding hydrogens is 300 g/mol. The van der Waals surface area contributed by atoms with Crippen LogP contribution in [-0.4, -0.2) is 33.3 Å². The number of nitrogens with one attached hydrogen (secondary N) is 1. The van der Waals surface area contributed by atoms with E-state index in [0.29, 0.717) is 16.8 Å². The third-order valence-corrected chi connectivity index (χ3v) is 3.64. The van der Waals surface area contributed by atoms with E-state index in [4.69, 9.17) is 5.11 Å². The minimum Gasteiger partial charge on any atom is -0.478 e. The summed E-state index contributed by atoms with van der Waals surface area (Å²) in [5, 5.41) is 22.2. The number of aromatic nitrogens is 1. The average molecular weight is 315 g/mol. The Bertz CT molecular complexity index is 459. The van der Waals surface area contributed by atoms with Crippen molar-refractivity contribution in [2.24, 2.45) is 0 Å². The number of aliphatic hydroxyl groups is 1. The maximum absolute atomic E-state index is 11.1. The van der Waals surface area contributed by atoms with Gasteiger partial charge in [-0.2, -0.15) is 0 Å². The van der Waals surface area contributed by atoms with Crippen LogP contribution in [0.2, 0.25) is 0 Å². The molecule has 1 aromatic rings. The van der Waals surface area contributed by atoms with Crippen LogP contribution in [0.1, 0.15) is 36.0 Å². The van der Waals surface area contributed by atoms with Crippen molar-refractivity contribution >= 4 is 27.7 Å². The molecule has 6 heteroatoms. The van der Waals surface area contributed by atoms with E-state index in [9.17, 15) is 9.90 Å². The van der Waals surface area contributed by atoms with E-state index in [2.05, 4.69) is 26.2 Å². The molecule has 1 aromatic heterocycles. The number of nitrogens with zero attached hydrogens (tertiary/aromatic N) is 1. The summed E-state index contributed by atoms with van der Waals surface area (Å²) in [6, 6.07) is 1.50. The van der Waals surface area contributed by atoms with Gasteiger partial charge in [0.2, 0.25) is 0 Å². The van der Waals surface area contributed by atoms with Gasteiger partial charge >= 0.3 is 5.97 Å². The van der Waals surface area contributed by atoms with E-state index >= 15 is 0 Å². The van der Waals surface area contributed by atoms with Gasteiger partial charge in [0.25, 0.3) is 0 Å². The number of aromatic carboxylic acids is 1. The zero-order chi connectivity index (χ0) is 13.2. The molecule has 2 rings (SSSR count). The number of pyridine rings is 1. The van der Waals surface area contributed by atoms with Crippen LogP contribution in [0, 0.1) is 0 Å². The first kappa shape index (κ1) is 13.3. The molecule has 0 aromatic carbocycles. The van der Waals surface area contributed by atoms with Gasteiger partial charge in [-0.25, -0.2) is 9.78 Å². The van der Waals surface area contributed by atoms with Crippen molar-refractivity contribution in [3.8, 4) is 0 Å². The fourth-order valence-corrected chi connectivity index (χ4v) is 2.53. The van der Waals surface area contributed by atoms with Gasteiger partial charge < -0.3 is 15.5 Å². The van der Waals surface area contributed by atoms with Crippen LogP contribution in [0.3, 0.4) is 0 Å². The lowest BCUT2D eigenvalue weighted by Crippen LogP contribution is -2.34. The summed E-state index contributed by atoms with van der Waals surface area (Å²) < 4.78 is 0.616. The van der Waals surface area contributed by atoms with Crippen LogP contribution in [0.4, 0.5) is 5.82 Å². The molecule has 3 N–H and O–H groups in total. The standard InChI is InChI=1S/C12H15BrN2O3/c13-8-5-9(11(16)17)10(14-6-8)15-7-12(18)3-1-2-4-12/h5-6,18H,1-4,7H2,(H,14,15)(H,16,17). The summed E-state index contributed by atoms with van der Waals surface area (Å²) in [5.74, 6) is -0.740. The highest BCUT2D eigenvalue weighted by Gasteiger charge is 2.31. The predicted octanol–water partition coefficient (Wildman–Crippen LogP) is 2.26. The van der Waals surface area contributed by atoms with Crippen LogP contribution in [0.5, 0.6) is 0 Å². The van der Waals surface area contributed by atoms with Crippen LogP contribution >= 0.6 is 15.9 Å². The smallest absolute Gasteiger partial charge is 0.339 e. The topological polar surface area (TPSA) is 82.5 Å². The lowest BCUT2D eigenvalue weighted by molar-refractivity contribution is 0.0609. The molecule has 5 nitrogen and oxygen atoms in total. The van der Waals surface area contributed by atoms with Crippen LogP contribution < -0.4 is 5.32 Å². The number of halogens is 1. The third kappa shape index (κ3) is 3.00. The Labute approximate surface area is 113 Å². The van der Waals surface area contributed by atoms with E-state index in [1.54, 1.807) is 0 Å². The Morgan fingerprint density at radius 2 is 2.17 bits per heavy atom. The third-order valence-electron chi connectivity index (χ3n) is 3.20. The Kier molecular flexibility index (Phi) is 3.87. The number of hydrogen-bond acceptors (Lipinski definition) is 4. The second-order valence-corrected chi connectivity index (χ2v) is 5.56. The molecule has 0 saturated heterocycles. The van der Waals surface area contributed by atoms with Crippen molar-refractivity contribution in [3.63, 3.8) is 0 Å². The Morgan fingerprint density at radius 3 is 2.78 bits per heavy atom. The minimum absolute atomic E-state index is 0.103. The minimum atomic E-state index is -1.04. The van der Waals surface area contributed by atoms with Crippen LogP contribution in [0.15, 0.2) is 16.7 Å². The molecular formula is C12H15BrN2O3. The average Bonchev–Trinajstić information content (AvgIpc) is 2.75.